The maximum Gasteiger partial charge on any atom is 0.256 e. The lowest BCUT2D eigenvalue weighted by Gasteiger charge is -2.16. The van der Waals surface area contributed by atoms with Gasteiger partial charge in [-0.15, -0.1) is 16.9 Å². The van der Waals surface area contributed by atoms with Crippen LogP contribution in [0.1, 0.15) is 42.8 Å². The third-order valence-electron chi connectivity index (χ3n) is 4.60. The molecule has 1 N–H and O–H groups in total. The number of nitrogens with one attached hydrogen (secondary N) is 1. The number of benzene rings is 2. The topological polar surface area (TPSA) is 98.5 Å². The molecule has 0 atom stereocenters. The van der Waals surface area contributed by atoms with Gasteiger partial charge in [0.05, 0.1) is 35.1 Å². The fourth-order valence-electron chi connectivity index (χ4n) is 2.97. The number of carbonyl (C=O) groups is 1. The van der Waals surface area contributed by atoms with Gasteiger partial charge in [-0.05, 0) is 34.7 Å². The van der Waals surface area contributed by atoms with E-state index in [9.17, 15) is 4.79 Å². The minimum Gasteiger partial charge on any atom is -0.319 e. The lowest BCUT2D eigenvalue weighted by molar-refractivity contribution is 0.102. The van der Waals surface area contributed by atoms with E-state index in [-0.39, 0.29) is 11.3 Å². The van der Waals surface area contributed by atoms with Gasteiger partial charge in [-0.3, -0.25) is 4.79 Å². The summed E-state index contributed by atoms with van der Waals surface area (Å²) in [6.45, 7) is 6.13. The molecular formula is C23H23N7OS. The summed E-state index contributed by atoms with van der Waals surface area (Å²) in [7, 11) is 0. The van der Waals surface area contributed by atoms with Crippen LogP contribution in [-0.2, 0) is 11.2 Å². The molecule has 2 aromatic carbocycles. The van der Waals surface area contributed by atoms with E-state index in [0.29, 0.717) is 22.8 Å². The summed E-state index contributed by atoms with van der Waals surface area (Å²) in [5.41, 5.74) is 1.85. The maximum absolute atomic E-state index is 12.9. The Balaban J connectivity index is 1.48. The zero-order valence-corrected chi connectivity index (χ0v) is 18.9. The van der Waals surface area contributed by atoms with Crippen molar-refractivity contribution in [2.75, 3.05) is 5.32 Å². The number of anilines is 1. The van der Waals surface area contributed by atoms with Crippen LogP contribution >= 0.6 is 11.8 Å². The zero-order valence-electron chi connectivity index (χ0n) is 18.1. The molecule has 2 heterocycles. The molecule has 0 saturated heterocycles. The Morgan fingerprint density at radius 3 is 2.41 bits per heavy atom. The Kier molecular flexibility index (Phi) is 6.27. The Morgan fingerprint density at radius 2 is 1.69 bits per heavy atom. The molecule has 162 valence electrons. The number of tetrazole rings is 1. The molecule has 4 rings (SSSR count). The second kappa shape index (κ2) is 9.27. The van der Waals surface area contributed by atoms with Gasteiger partial charge in [-0.25, -0.2) is 9.97 Å². The van der Waals surface area contributed by atoms with E-state index < -0.39 is 0 Å². The molecule has 0 saturated carbocycles. The van der Waals surface area contributed by atoms with E-state index in [2.05, 4.69) is 30.8 Å². The molecule has 0 radical (unpaired) electrons. The predicted octanol–water partition coefficient (Wildman–Crippen LogP) is 4.29. The van der Waals surface area contributed by atoms with Gasteiger partial charge in [-0.2, -0.15) is 4.68 Å². The lowest BCUT2D eigenvalue weighted by Crippen LogP contribution is -2.17. The van der Waals surface area contributed by atoms with E-state index in [0.717, 1.165) is 16.4 Å². The van der Waals surface area contributed by atoms with Crippen molar-refractivity contribution in [2.24, 2.45) is 0 Å². The van der Waals surface area contributed by atoms with Crippen LogP contribution in [0.15, 0.2) is 71.9 Å². The molecule has 2 aromatic heterocycles. The van der Waals surface area contributed by atoms with Crippen LogP contribution in [0.3, 0.4) is 0 Å². The first kappa shape index (κ1) is 21.6. The largest absolute Gasteiger partial charge is 0.319 e. The number of amides is 1. The average Bonchev–Trinajstić information content (AvgIpc) is 3.27. The second-order valence-corrected chi connectivity index (χ2v) is 9.14. The Morgan fingerprint density at radius 1 is 1.00 bits per heavy atom. The SMILES string of the molecule is CC(C)(C)c1ncc(NC(=O)c2ccccc2SCc2nnnn2-c2ccccc2)cn1. The zero-order chi connectivity index (χ0) is 22.6. The summed E-state index contributed by atoms with van der Waals surface area (Å²) in [5, 5.41) is 14.9. The molecule has 0 aliphatic carbocycles. The number of hydrogen-bond acceptors (Lipinski definition) is 7. The molecule has 0 unspecified atom stereocenters. The Labute approximate surface area is 190 Å². The second-order valence-electron chi connectivity index (χ2n) is 8.13. The van der Waals surface area contributed by atoms with Crippen LogP contribution in [0.2, 0.25) is 0 Å². The van der Waals surface area contributed by atoms with Gasteiger partial charge in [0.25, 0.3) is 5.91 Å². The molecule has 0 bridgehead atoms. The Bertz CT molecular complexity index is 1200. The molecule has 0 spiro atoms. The predicted molar refractivity (Wildman–Crippen MR) is 124 cm³/mol. The number of rotatable bonds is 6. The van der Waals surface area contributed by atoms with Crippen LogP contribution in [0.4, 0.5) is 5.69 Å². The number of carbonyl (C=O) groups excluding carboxylic acids is 1. The highest BCUT2D eigenvalue weighted by Gasteiger charge is 2.18. The summed E-state index contributed by atoms with van der Waals surface area (Å²) in [6.07, 6.45) is 3.27. The van der Waals surface area contributed by atoms with Gasteiger partial charge in [-0.1, -0.05) is 51.1 Å². The van der Waals surface area contributed by atoms with E-state index in [1.807, 2.05) is 69.3 Å². The van der Waals surface area contributed by atoms with Gasteiger partial charge in [0.2, 0.25) is 0 Å². The monoisotopic (exact) mass is 445 g/mol. The highest BCUT2D eigenvalue weighted by Crippen LogP contribution is 2.27. The van der Waals surface area contributed by atoms with Crippen LogP contribution in [0.5, 0.6) is 0 Å². The summed E-state index contributed by atoms with van der Waals surface area (Å²) < 4.78 is 1.70. The normalized spacial score (nSPS) is 11.3. The Hall–Kier alpha value is -3.59. The first-order valence-electron chi connectivity index (χ1n) is 10.1. The highest BCUT2D eigenvalue weighted by molar-refractivity contribution is 7.98. The smallest absolute Gasteiger partial charge is 0.256 e. The maximum atomic E-state index is 12.9. The van der Waals surface area contributed by atoms with Crippen molar-refractivity contribution in [3.63, 3.8) is 0 Å². The number of para-hydroxylation sites is 1. The summed E-state index contributed by atoms with van der Waals surface area (Å²) >= 11 is 1.50. The summed E-state index contributed by atoms with van der Waals surface area (Å²) in [4.78, 5) is 22.5. The molecule has 9 heteroatoms. The molecular weight excluding hydrogens is 422 g/mol. The third-order valence-corrected chi connectivity index (χ3v) is 5.67. The molecule has 0 aliphatic rings. The van der Waals surface area contributed by atoms with Crippen molar-refractivity contribution in [2.45, 2.75) is 36.8 Å². The fraction of sp³-hybridized carbons (Fsp3) is 0.217. The van der Waals surface area contributed by atoms with Gasteiger partial charge < -0.3 is 5.32 Å². The van der Waals surface area contributed by atoms with Crippen LogP contribution in [0.25, 0.3) is 5.69 Å². The third kappa shape index (κ3) is 5.00. The standard InChI is InChI=1S/C23H23N7OS/c1-23(2,3)22-24-13-16(14-25-22)26-21(31)18-11-7-8-12-19(18)32-15-20-27-28-29-30(20)17-9-5-4-6-10-17/h4-14H,15H2,1-3H3,(H,26,31). The fourth-order valence-corrected chi connectivity index (χ4v) is 3.92. The van der Waals surface area contributed by atoms with Gasteiger partial charge >= 0.3 is 0 Å². The first-order valence-corrected chi connectivity index (χ1v) is 11.1. The lowest BCUT2D eigenvalue weighted by atomic mass is 9.96. The van der Waals surface area contributed by atoms with Gasteiger partial charge in [0.1, 0.15) is 5.82 Å². The van der Waals surface area contributed by atoms with E-state index in [4.69, 9.17) is 0 Å². The minimum atomic E-state index is -0.220. The van der Waals surface area contributed by atoms with Crippen molar-refractivity contribution >= 4 is 23.4 Å². The molecule has 0 fully saturated rings. The van der Waals surface area contributed by atoms with E-state index >= 15 is 0 Å². The number of nitrogens with zero attached hydrogens (tertiary/aromatic N) is 6. The first-order chi connectivity index (χ1) is 15.4. The van der Waals surface area contributed by atoms with Crippen molar-refractivity contribution in [1.29, 1.82) is 0 Å². The van der Waals surface area contributed by atoms with Gasteiger partial charge in [0, 0.05) is 10.3 Å². The van der Waals surface area contributed by atoms with Crippen molar-refractivity contribution in [3.05, 3.63) is 84.2 Å². The number of aromatic nitrogens is 6. The quantitative estimate of drug-likeness (QED) is 0.442. The summed E-state index contributed by atoms with van der Waals surface area (Å²) in [6, 6.07) is 17.2. The van der Waals surface area contributed by atoms with E-state index in [1.54, 1.807) is 23.1 Å². The van der Waals surface area contributed by atoms with Crippen LogP contribution < -0.4 is 5.32 Å². The van der Waals surface area contributed by atoms with Crippen LogP contribution in [-0.4, -0.2) is 36.1 Å². The number of thioether (sulfide) groups is 1. The average molecular weight is 446 g/mol. The van der Waals surface area contributed by atoms with Crippen LogP contribution in [0, 0.1) is 0 Å². The molecule has 4 aromatic rings. The van der Waals surface area contributed by atoms with Crippen molar-refractivity contribution in [3.8, 4) is 5.69 Å². The minimum absolute atomic E-state index is 0.152. The summed E-state index contributed by atoms with van der Waals surface area (Å²) in [5.74, 6) is 1.71. The molecule has 8 nitrogen and oxygen atoms in total. The molecule has 0 aliphatic heterocycles. The highest BCUT2D eigenvalue weighted by atomic mass is 32.2. The van der Waals surface area contributed by atoms with Crippen molar-refractivity contribution < 1.29 is 4.79 Å². The van der Waals surface area contributed by atoms with E-state index in [1.165, 1.54) is 11.8 Å². The number of hydrogen-bond donors (Lipinski definition) is 1. The molecule has 1 amide bonds. The molecule has 32 heavy (non-hydrogen) atoms. The van der Waals surface area contributed by atoms with Gasteiger partial charge in [0.15, 0.2) is 5.82 Å². The van der Waals surface area contributed by atoms with Crippen molar-refractivity contribution in [1.82, 2.24) is 30.2 Å².